The first-order chi connectivity index (χ1) is 8.00. The lowest BCUT2D eigenvalue weighted by atomic mass is 10.2. The van der Waals surface area contributed by atoms with Crippen LogP contribution < -0.4 is 5.73 Å². The van der Waals surface area contributed by atoms with Gasteiger partial charge < -0.3 is 5.73 Å². The molecule has 18 heavy (non-hydrogen) atoms. The van der Waals surface area contributed by atoms with Crippen molar-refractivity contribution in [1.82, 2.24) is 9.88 Å². The number of aromatic nitrogens is 1. The number of nitrogens with zero attached hydrogens (tertiary/aromatic N) is 2. The Morgan fingerprint density at radius 3 is 2.78 bits per heavy atom. The topological polar surface area (TPSA) is 42.1 Å². The molecule has 3 nitrogen and oxygen atoms in total. The number of rotatable bonds is 3. The summed E-state index contributed by atoms with van der Waals surface area (Å²) in [6, 6.07) is 0.285. The van der Waals surface area contributed by atoms with E-state index < -0.39 is 11.1 Å². The lowest BCUT2D eigenvalue weighted by Gasteiger charge is -2.21. The van der Waals surface area contributed by atoms with Crippen LogP contribution in [-0.4, -0.2) is 29.0 Å². The zero-order valence-electron chi connectivity index (χ0n) is 9.61. The second-order valence-electron chi connectivity index (χ2n) is 4.12. The van der Waals surface area contributed by atoms with Crippen LogP contribution in [0, 0.1) is 0 Å². The molecule has 2 rings (SSSR count). The maximum atomic E-state index is 12.4. The summed E-state index contributed by atoms with van der Waals surface area (Å²) in [5, 5.41) is 0.512. The summed E-state index contributed by atoms with van der Waals surface area (Å²) in [5.41, 5.74) is 5.61. The number of halogens is 4. The van der Waals surface area contributed by atoms with Gasteiger partial charge in [-0.05, 0) is 19.4 Å². The first-order valence-corrected chi connectivity index (χ1v) is 6.28. The van der Waals surface area contributed by atoms with Gasteiger partial charge in [0.15, 0.2) is 0 Å². The first-order valence-electron chi connectivity index (χ1n) is 5.46. The Morgan fingerprint density at radius 2 is 2.22 bits per heavy atom. The van der Waals surface area contributed by atoms with Crippen LogP contribution in [0.25, 0.3) is 0 Å². The standard InChI is InChI=1S/C10H14F3N3S.ClH/c11-10(12,13)8-5-15-9(17-8)6-16-3-1-2-7(16)4-14;/h5,7H,1-4,6,14H2;1H. The lowest BCUT2D eigenvalue weighted by Crippen LogP contribution is -2.34. The average molecular weight is 302 g/mol. The van der Waals surface area contributed by atoms with Crippen molar-refractivity contribution in [1.29, 1.82) is 0 Å². The van der Waals surface area contributed by atoms with Crippen LogP contribution in [0.2, 0.25) is 0 Å². The van der Waals surface area contributed by atoms with Gasteiger partial charge in [-0.2, -0.15) is 13.2 Å². The van der Waals surface area contributed by atoms with Gasteiger partial charge in [0, 0.05) is 12.6 Å². The molecule has 2 N–H and O–H groups in total. The fraction of sp³-hybridized carbons (Fsp3) is 0.700. The van der Waals surface area contributed by atoms with E-state index >= 15 is 0 Å². The minimum Gasteiger partial charge on any atom is -0.329 e. The fourth-order valence-electron chi connectivity index (χ4n) is 2.06. The van der Waals surface area contributed by atoms with Crippen molar-refractivity contribution in [3.05, 3.63) is 16.1 Å². The quantitative estimate of drug-likeness (QED) is 0.933. The number of alkyl halides is 3. The number of nitrogens with two attached hydrogens (primary N) is 1. The van der Waals surface area contributed by atoms with Crippen molar-refractivity contribution in [2.75, 3.05) is 13.1 Å². The van der Waals surface area contributed by atoms with Gasteiger partial charge in [-0.3, -0.25) is 4.90 Å². The monoisotopic (exact) mass is 301 g/mol. The highest BCUT2D eigenvalue weighted by Gasteiger charge is 2.33. The van der Waals surface area contributed by atoms with Gasteiger partial charge in [-0.1, -0.05) is 0 Å². The van der Waals surface area contributed by atoms with Gasteiger partial charge in [0.1, 0.15) is 9.88 Å². The minimum atomic E-state index is -4.28. The van der Waals surface area contributed by atoms with Crippen LogP contribution in [0.1, 0.15) is 22.7 Å². The number of likely N-dealkylation sites (tertiary alicyclic amines) is 1. The fourth-order valence-corrected chi connectivity index (χ4v) is 2.87. The third-order valence-corrected chi connectivity index (χ3v) is 3.97. The van der Waals surface area contributed by atoms with E-state index in [1.807, 2.05) is 0 Å². The zero-order valence-corrected chi connectivity index (χ0v) is 11.2. The molecule has 0 aromatic carbocycles. The van der Waals surface area contributed by atoms with Gasteiger partial charge in [-0.15, -0.1) is 23.7 Å². The van der Waals surface area contributed by atoms with Crippen molar-refractivity contribution in [2.45, 2.75) is 31.6 Å². The molecule has 1 fully saturated rings. The van der Waals surface area contributed by atoms with Crippen molar-refractivity contribution in [3.63, 3.8) is 0 Å². The van der Waals surface area contributed by atoms with Crippen LogP contribution in [0.5, 0.6) is 0 Å². The van der Waals surface area contributed by atoms with Crippen molar-refractivity contribution in [2.24, 2.45) is 5.73 Å². The van der Waals surface area contributed by atoms with E-state index in [9.17, 15) is 13.2 Å². The summed E-state index contributed by atoms with van der Waals surface area (Å²) in [6.07, 6.45) is -1.30. The van der Waals surface area contributed by atoms with Crippen LogP contribution >= 0.6 is 23.7 Å². The third-order valence-electron chi connectivity index (χ3n) is 2.94. The molecule has 0 aliphatic carbocycles. The average Bonchev–Trinajstić information content (AvgIpc) is 2.86. The molecule has 8 heteroatoms. The van der Waals surface area contributed by atoms with Crippen LogP contribution in [-0.2, 0) is 12.7 Å². The van der Waals surface area contributed by atoms with Crippen LogP contribution in [0.15, 0.2) is 6.20 Å². The second-order valence-corrected chi connectivity index (χ2v) is 5.23. The van der Waals surface area contributed by atoms with Gasteiger partial charge in [0.05, 0.1) is 12.7 Å². The summed E-state index contributed by atoms with van der Waals surface area (Å²) in [6.45, 7) is 1.92. The molecule has 104 valence electrons. The van der Waals surface area contributed by atoms with E-state index in [-0.39, 0.29) is 18.4 Å². The normalized spacial score (nSPS) is 21.0. The molecule has 2 heterocycles. The summed E-state index contributed by atoms with van der Waals surface area (Å²) in [4.78, 5) is 5.31. The molecular weight excluding hydrogens is 287 g/mol. The molecule has 0 amide bonds. The summed E-state index contributed by atoms with van der Waals surface area (Å²) in [7, 11) is 0. The van der Waals surface area contributed by atoms with Crippen molar-refractivity contribution < 1.29 is 13.2 Å². The zero-order chi connectivity index (χ0) is 12.5. The summed E-state index contributed by atoms with van der Waals surface area (Å²) < 4.78 is 37.2. The largest absolute Gasteiger partial charge is 0.427 e. The predicted octanol–water partition coefficient (Wildman–Crippen LogP) is 2.51. The van der Waals surface area contributed by atoms with Crippen molar-refractivity contribution in [3.8, 4) is 0 Å². The second kappa shape index (κ2) is 6.18. The maximum Gasteiger partial charge on any atom is 0.427 e. The predicted molar refractivity (Wildman–Crippen MR) is 66.9 cm³/mol. The van der Waals surface area contributed by atoms with Gasteiger partial charge in [0.25, 0.3) is 0 Å². The molecule has 0 saturated carbocycles. The third kappa shape index (κ3) is 3.57. The number of hydrogen-bond acceptors (Lipinski definition) is 4. The number of hydrogen-bond donors (Lipinski definition) is 1. The van der Waals surface area contributed by atoms with Gasteiger partial charge in [-0.25, -0.2) is 4.98 Å². The smallest absolute Gasteiger partial charge is 0.329 e. The Balaban J connectivity index is 0.00000162. The molecule has 0 radical (unpaired) electrons. The summed E-state index contributed by atoms with van der Waals surface area (Å²) in [5.74, 6) is 0. The first kappa shape index (κ1) is 15.7. The lowest BCUT2D eigenvalue weighted by molar-refractivity contribution is -0.134. The molecule has 1 aromatic rings. The Kier molecular flexibility index (Phi) is 5.39. The highest BCUT2D eigenvalue weighted by atomic mass is 35.5. The molecule has 1 aliphatic heterocycles. The van der Waals surface area contributed by atoms with E-state index in [1.54, 1.807) is 0 Å². The Morgan fingerprint density at radius 1 is 1.50 bits per heavy atom. The van der Waals surface area contributed by atoms with E-state index in [1.165, 1.54) is 0 Å². The SMILES string of the molecule is Cl.NCC1CCCN1Cc1ncc(C(F)(F)F)s1. The van der Waals surface area contributed by atoms with E-state index in [4.69, 9.17) is 5.73 Å². The molecular formula is C10H15ClF3N3S. The molecule has 0 bridgehead atoms. The van der Waals surface area contributed by atoms with Gasteiger partial charge >= 0.3 is 6.18 Å². The highest BCUT2D eigenvalue weighted by Crippen LogP contribution is 2.34. The maximum absolute atomic E-state index is 12.4. The van der Waals surface area contributed by atoms with Crippen LogP contribution in [0.3, 0.4) is 0 Å². The van der Waals surface area contributed by atoms with E-state index in [2.05, 4.69) is 9.88 Å². The molecule has 1 atom stereocenters. The molecule has 1 aromatic heterocycles. The highest BCUT2D eigenvalue weighted by molar-refractivity contribution is 7.11. The minimum absolute atomic E-state index is 0. The Bertz CT molecular complexity index is 383. The number of thiazole rings is 1. The van der Waals surface area contributed by atoms with E-state index in [0.717, 1.165) is 36.9 Å². The molecule has 1 unspecified atom stereocenters. The summed E-state index contributed by atoms with van der Waals surface area (Å²) >= 11 is 0.721. The Hall–Kier alpha value is -0.370. The van der Waals surface area contributed by atoms with Crippen LogP contribution in [0.4, 0.5) is 13.2 Å². The molecule has 1 saturated heterocycles. The van der Waals surface area contributed by atoms with Crippen molar-refractivity contribution >= 4 is 23.7 Å². The Labute approximate surface area is 114 Å². The van der Waals surface area contributed by atoms with Gasteiger partial charge in [0.2, 0.25) is 0 Å². The molecule has 1 aliphatic rings. The molecule has 0 spiro atoms. The van der Waals surface area contributed by atoms with E-state index in [0.29, 0.717) is 18.1 Å².